The van der Waals surface area contributed by atoms with Crippen LogP contribution in [0.4, 0.5) is 0 Å². The van der Waals surface area contributed by atoms with E-state index in [-0.39, 0.29) is 0 Å². The number of hydrogen-bond acceptors (Lipinski definition) is 1. The highest BCUT2D eigenvalue weighted by Gasteiger charge is 2.36. The van der Waals surface area contributed by atoms with E-state index in [9.17, 15) is 0 Å². The first-order chi connectivity index (χ1) is 9.38. The lowest BCUT2D eigenvalue weighted by Crippen LogP contribution is -1.92. The van der Waals surface area contributed by atoms with E-state index in [1.54, 1.807) is 0 Å². The van der Waals surface area contributed by atoms with Gasteiger partial charge in [-0.2, -0.15) is 0 Å². The lowest BCUT2D eigenvalue weighted by Gasteiger charge is -2.01. The van der Waals surface area contributed by atoms with Crippen LogP contribution in [0.25, 0.3) is 0 Å². The SMILES string of the molecule is C=C/C=C/C[C@@H]1O[C@@H]1CCCCCCCCCCC. The minimum absolute atomic E-state index is 0.505. The standard InChI is InChI=1S/C18H32O/c1-3-5-7-8-9-10-11-12-14-16-18-17(19-18)15-13-6-4-2/h4,6,13,17-18H,2-3,5,7-12,14-16H2,1H3/b13-6+/t17-,18+/m0/s1. The molecule has 0 aromatic heterocycles. The maximum atomic E-state index is 5.65. The summed E-state index contributed by atoms with van der Waals surface area (Å²) >= 11 is 0. The molecule has 1 rings (SSSR count). The quantitative estimate of drug-likeness (QED) is 0.232. The maximum absolute atomic E-state index is 5.65. The molecule has 1 nitrogen and oxygen atoms in total. The Morgan fingerprint density at radius 3 is 2.16 bits per heavy atom. The van der Waals surface area contributed by atoms with Crippen LogP contribution in [0.3, 0.4) is 0 Å². The fourth-order valence-corrected chi connectivity index (χ4v) is 2.61. The van der Waals surface area contributed by atoms with Crippen molar-refractivity contribution in [1.29, 1.82) is 0 Å². The molecule has 0 saturated carbocycles. The van der Waals surface area contributed by atoms with E-state index in [0.29, 0.717) is 12.2 Å². The summed E-state index contributed by atoms with van der Waals surface area (Å²) in [5.41, 5.74) is 0. The number of epoxide rings is 1. The second-order valence-electron chi connectivity index (χ2n) is 5.73. The molecule has 0 spiro atoms. The van der Waals surface area contributed by atoms with Gasteiger partial charge in [0.25, 0.3) is 0 Å². The molecule has 1 heterocycles. The lowest BCUT2D eigenvalue weighted by atomic mass is 10.0. The highest BCUT2D eigenvalue weighted by atomic mass is 16.6. The van der Waals surface area contributed by atoms with E-state index in [0.717, 1.165) is 6.42 Å². The highest BCUT2D eigenvalue weighted by molar-refractivity contribution is 5.01. The van der Waals surface area contributed by atoms with Crippen molar-refractivity contribution in [1.82, 2.24) is 0 Å². The molecule has 1 fully saturated rings. The number of allylic oxidation sites excluding steroid dienone is 2. The monoisotopic (exact) mass is 264 g/mol. The normalized spacial score (nSPS) is 21.9. The number of unbranched alkanes of at least 4 members (excludes halogenated alkanes) is 8. The molecule has 1 aliphatic rings. The molecular weight excluding hydrogens is 232 g/mol. The molecule has 0 radical (unpaired) electrons. The minimum atomic E-state index is 0.505. The van der Waals surface area contributed by atoms with Crippen LogP contribution in [0.15, 0.2) is 24.8 Å². The fourth-order valence-electron chi connectivity index (χ4n) is 2.61. The molecule has 0 bridgehead atoms. The molecule has 1 aliphatic heterocycles. The summed E-state index contributed by atoms with van der Waals surface area (Å²) in [7, 11) is 0. The predicted octanol–water partition coefficient (Wildman–Crippen LogP) is 5.81. The van der Waals surface area contributed by atoms with E-state index < -0.39 is 0 Å². The number of hydrogen-bond donors (Lipinski definition) is 0. The van der Waals surface area contributed by atoms with Gasteiger partial charge in [-0.15, -0.1) is 0 Å². The van der Waals surface area contributed by atoms with Gasteiger partial charge in [0, 0.05) is 0 Å². The summed E-state index contributed by atoms with van der Waals surface area (Å²) < 4.78 is 5.65. The zero-order chi connectivity index (χ0) is 13.8. The van der Waals surface area contributed by atoms with Crippen molar-refractivity contribution in [3.8, 4) is 0 Å². The van der Waals surface area contributed by atoms with Crippen LogP contribution in [0.2, 0.25) is 0 Å². The predicted molar refractivity (Wildman–Crippen MR) is 84.5 cm³/mol. The van der Waals surface area contributed by atoms with Crippen LogP contribution in [0.5, 0.6) is 0 Å². The van der Waals surface area contributed by atoms with Crippen LogP contribution in [-0.4, -0.2) is 12.2 Å². The van der Waals surface area contributed by atoms with Crippen LogP contribution in [-0.2, 0) is 4.74 Å². The van der Waals surface area contributed by atoms with Gasteiger partial charge in [0.1, 0.15) is 0 Å². The molecule has 2 atom stereocenters. The summed E-state index contributed by atoms with van der Waals surface area (Å²) in [4.78, 5) is 0. The van der Waals surface area contributed by atoms with Gasteiger partial charge in [-0.3, -0.25) is 0 Å². The third kappa shape index (κ3) is 9.04. The summed E-state index contributed by atoms with van der Waals surface area (Å²) in [5.74, 6) is 0. The molecule has 1 saturated heterocycles. The summed E-state index contributed by atoms with van der Waals surface area (Å²) in [6.07, 6.45) is 22.1. The first kappa shape index (κ1) is 16.5. The minimum Gasteiger partial charge on any atom is -0.369 e. The molecule has 110 valence electrons. The van der Waals surface area contributed by atoms with Gasteiger partial charge in [0.15, 0.2) is 0 Å². The average Bonchev–Trinajstić information content (AvgIpc) is 3.16. The van der Waals surface area contributed by atoms with E-state index >= 15 is 0 Å². The fraction of sp³-hybridized carbons (Fsp3) is 0.778. The Kier molecular flexibility index (Phi) is 9.79. The van der Waals surface area contributed by atoms with Crippen molar-refractivity contribution in [3.63, 3.8) is 0 Å². The Morgan fingerprint density at radius 1 is 0.895 bits per heavy atom. The molecule has 0 aromatic carbocycles. The summed E-state index contributed by atoms with van der Waals surface area (Å²) in [5, 5.41) is 0. The Bertz CT molecular complexity index is 244. The van der Waals surface area contributed by atoms with Gasteiger partial charge >= 0.3 is 0 Å². The van der Waals surface area contributed by atoms with Gasteiger partial charge in [0.05, 0.1) is 12.2 Å². The van der Waals surface area contributed by atoms with Crippen LogP contribution >= 0.6 is 0 Å². The number of ether oxygens (including phenoxy) is 1. The molecule has 0 amide bonds. The van der Waals surface area contributed by atoms with Gasteiger partial charge in [0.2, 0.25) is 0 Å². The summed E-state index contributed by atoms with van der Waals surface area (Å²) in [6, 6.07) is 0. The summed E-state index contributed by atoms with van der Waals surface area (Å²) in [6.45, 7) is 5.95. The highest BCUT2D eigenvalue weighted by Crippen LogP contribution is 2.30. The van der Waals surface area contributed by atoms with E-state index in [2.05, 4.69) is 19.6 Å². The largest absolute Gasteiger partial charge is 0.369 e. The second kappa shape index (κ2) is 11.3. The van der Waals surface area contributed by atoms with E-state index in [4.69, 9.17) is 4.74 Å². The first-order valence-corrected chi connectivity index (χ1v) is 8.31. The van der Waals surface area contributed by atoms with E-state index in [1.807, 2.05) is 12.2 Å². The van der Waals surface area contributed by atoms with Crippen molar-refractivity contribution < 1.29 is 4.74 Å². The molecular formula is C18H32O. The Labute approximate surface area is 120 Å². The van der Waals surface area contributed by atoms with Crippen LogP contribution < -0.4 is 0 Å². The van der Waals surface area contributed by atoms with E-state index in [1.165, 1.54) is 64.2 Å². The van der Waals surface area contributed by atoms with Gasteiger partial charge in [-0.05, 0) is 12.8 Å². The topological polar surface area (TPSA) is 12.5 Å². The third-order valence-corrected chi connectivity index (χ3v) is 3.92. The molecule has 1 heteroatoms. The van der Waals surface area contributed by atoms with Crippen molar-refractivity contribution >= 4 is 0 Å². The molecule has 0 aromatic rings. The second-order valence-corrected chi connectivity index (χ2v) is 5.73. The van der Waals surface area contributed by atoms with Gasteiger partial charge in [-0.25, -0.2) is 0 Å². The Hall–Kier alpha value is -0.560. The van der Waals surface area contributed by atoms with Crippen LogP contribution in [0.1, 0.15) is 77.6 Å². The Balaban J connectivity index is 1.77. The van der Waals surface area contributed by atoms with Crippen molar-refractivity contribution in [2.75, 3.05) is 0 Å². The Morgan fingerprint density at radius 2 is 1.53 bits per heavy atom. The van der Waals surface area contributed by atoms with Gasteiger partial charge < -0.3 is 4.74 Å². The first-order valence-electron chi connectivity index (χ1n) is 8.31. The van der Waals surface area contributed by atoms with Crippen molar-refractivity contribution in [3.05, 3.63) is 24.8 Å². The maximum Gasteiger partial charge on any atom is 0.0876 e. The zero-order valence-corrected chi connectivity index (χ0v) is 12.8. The van der Waals surface area contributed by atoms with Crippen LogP contribution in [0, 0.1) is 0 Å². The molecule has 0 unspecified atom stereocenters. The van der Waals surface area contributed by atoms with Crippen molar-refractivity contribution in [2.45, 2.75) is 89.8 Å². The molecule has 0 aliphatic carbocycles. The lowest BCUT2D eigenvalue weighted by molar-refractivity contribution is 0.358. The zero-order valence-electron chi connectivity index (χ0n) is 12.8. The van der Waals surface area contributed by atoms with Gasteiger partial charge in [-0.1, -0.05) is 89.5 Å². The molecule has 19 heavy (non-hydrogen) atoms. The number of rotatable bonds is 13. The third-order valence-electron chi connectivity index (χ3n) is 3.92. The average molecular weight is 264 g/mol. The smallest absolute Gasteiger partial charge is 0.0876 e. The van der Waals surface area contributed by atoms with Crippen molar-refractivity contribution in [2.24, 2.45) is 0 Å². The molecule has 0 N–H and O–H groups in total.